The van der Waals surface area contributed by atoms with Crippen molar-refractivity contribution in [3.8, 4) is 0 Å². The molecular formula is C26H43NO3. The van der Waals surface area contributed by atoms with Gasteiger partial charge in [-0.2, -0.15) is 0 Å². The number of nitrogens with zero attached hydrogens (tertiary/aromatic N) is 1. The Morgan fingerprint density at radius 1 is 0.933 bits per heavy atom. The predicted molar refractivity (Wildman–Crippen MR) is 118 cm³/mol. The molecule has 1 heterocycles. The van der Waals surface area contributed by atoms with E-state index in [1.165, 1.54) is 70.9 Å². The molecule has 0 bridgehead atoms. The van der Waals surface area contributed by atoms with Gasteiger partial charge in [0.25, 0.3) is 0 Å². The summed E-state index contributed by atoms with van der Waals surface area (Å²) in [5, 5.41) is 11.3. The molecule has 0 aromatic carbocycles. The zero-order valence-electron chi connectivity index (χ0n) is 19.4. The van der Waals surface area contributed by atoms with E-state index in [1.54, 1.807) is 6.92 Å². The zero-order chi connectivity index (χ0) is 21.1. The monoisotopic (exact) mass is 417 g/mol. The second kappa shape index (κ2) is 7.76. The Balaban J connectivity index is 1.45. The van der Waals surface area contributed by atoms with Gasteiger partial charge in [0.15, 0.2) is 0 Å². The van der Waals surface area contributed by atoms with Crippen molar-refractivity contribution in [2.24, 2.45) is 34.5 Å². The van der Waals surface area contributed by atoms with Crippen LogP contribution < -0.4 is 0 Å². The number of carbonyl (C=O) groups is 1. The number of carbonyl (C=O) groups excluding carboxylic acids is 1. The van der Waals surface area contributed by atoms with Gasteiger partial charge in [0, 0.05) is 18.4 Å². The van der Waals surface area contributed by atoms with E-state index in [0.29, 0.717) is 17.9 Å². The third-order valence-electron chi connectivity index (χ3n) is 10.8. The molecule has 0 aromatic rings. The Morgan fingerprint density at radius 2 is 1.67 bits per heavy atom. The molecule has 4 aliphatic carbocycles. The first-order valence-corrected chi connectivity index (χ1v) is 12.9. The summed E-state index contributed by atoms with van der Waals surface area (Å²) in [5.41, 5.74) is 0.392. The number of aliphatic hydroxyl groups is 1. The van der Waals surface area contributed by atoms with Crippen LogP contribution in [0.4, 0.5) is 0 Å². The highest BCUT2D eigenvalue weighted by Gasteiger charge is 2.64. The van der Waals surface area contributed by atoms with Gasteiger partial charge in [-0.05, 0) is 106 Å². The second-order valence-corrected chi connectivity index (χ2v) is 11.9. The smallest absolute Gasteiger partial charge is 0.302 e. The van der Waals surface area contributed by atoms with Gasteiger partial charge >= 0.3 is 5.97 Å². The molecule has 1 saturated heterocycles. The van der Waals surface area contributed by atoms with Gasteiger partial charge in [-0.1, -0.05) is 20.3 Å². The topological polar surface area (TPSA) is 49.8 Å². The molecule has 0 aromatic heterocycles. The lowest BCUT2D eigenvalue weighted by molar-refractivity contribution is -0.186. The van der Waals surface area contributed by atoms with E-state index in [9.17, 15) is 9.90 Å². The van der Waals surface area contributed by atoms with Crippen LogP contribution in [-0.4, -0.2) is 47.3 Å². The summed E-state index contributed by atoms with van der Waals surface area (Å²) in [5.74, 6) is 2.79. The second-order valence-electron chi connectivity index (χ2n) is 11.9. The van der Waals surface area contributed by atoms with Gasteiger partial charge in [-0.15, -0.1) is 0 Å². The number of hydrogen-bond donors (Lipinski definition) is 1. The number of ether oxygens (including phenoxy) is 1. The Bertz CT molecular complexity index is 661. The average molecular weight is 418 g/mol. The number of hydrogen-bond acceptors (Lipinski definition) is 4. The lowest BCUT2D eigenvalue weighted by Crippen LogP contribution is -2.66. The first kappa shape index (κ1) is 21.2. The van der Waals surface area contributed by atoms with Crippen LogP contribution in [0.15, 0.2) is 0 Å². The molecule has 1 aliphatic heterocycles. The normalized spacial score (nSPS) is 51.5. The standard InChI is InChI=1S/C26H43NO3/c1-17(28)30-23-12-10-20-19-9-7-18-8-11-22(29)24(27-15-5-4-6-16-27)26(18,3)21(19)13-14-25(20,23)2/h18-24,29H,4-16H2,1-3H3/t18-,19-,20-,21-,22+,23-,24?,25-,26-/m0/s1. The Labute approximate surface area is 183 Å². The van der Waals surface area contributed by atoms with Gasteiger partial charge in [0.05, 0.1) is 6.10 Å². The van der Waals surface area contributed by atoms with Crippen molar-refractivity contribution in [2.45, 2.75) is 110 Å². The van der Waals surface area contributed by atoms with Crippen molar-refractivity contribution < 1.29 is 14.6 Å². The molecule has 1 unspecified atom stereocenters. The lowest BCUT2D eigenvalue weighted by atomic mass is 9.43. The minimum Gasteiger partial charge on any atom is -0.462 e. The Kier molecular flexibility index (Phi) is 5.50. The molecule has 0 spiro atoms. The van der Waals surface area contributed by atoms with E-state index in [0.717, 1.165) is 24.7 Å². The van der Waals surface area contributed by atoms with Crippen molar-refractivity contribution in [3.05, 3.63) is 0 Å². The first-order valence-electron chi connectivity index (χ1n) is 12.9. The molecule has 30 heavy (non-hydrogen) atoms. The SMILES string of the molecule is CC(=O)O[C@H]1CC[C@H]2[C@@H]3CC[C@H]4CC[C@@H](O)C(N5CCCCC5)[C@]4(C)[C@H]3CC[C@]12C. The summed E-state index contributed by atoms with van der Waals surface area (Å²) < 4.78 is 5.84. The van der Waals surface area contributed by atoms with Crippen molar-refractivity contribution >= 4 is 5.97 Å². The van der Waals surface area contributed by atoms with Crippen molar-refractivity contribution in [1.82, 2.24) is 4.90 Å². The van der Waals surface area contributed by atoms with Crippen molar-refractivity contribution in [1.29, 1.82) is 0 Å². The maximum Gasteiger partial charge on any atom is 0.302 e. The summed E-state index contributed by atoms with van der Waals surface area (Å²) in [6.45, 7) is 8.92. The van der Waals surface area contributed by atoms with Crippen LogP contribution >= 0.6 is 0 Å². The van der Waals surface area contributed by atoms with Gasteiger partial charge in [-0.3, -0.25) is 9.69 Å². The van der Waals surface area contributed by atoms with Crippen LogP contribution in [0.2, 0.25) is 0 Å². The zero-order valence-corrected chi connectivity index (χ0v) is 19.4. The molecule has 0 radical (unpaired) electrons. The molecule has 0 amide bonds. The number of fused-ring (bicyclic) bond motifs is 5. The highest BCUT2D eigenvalue weighted by molar-refractivity contribution is 5.66. The van der Waals surface area contributed by atoms with Crippen LogP contribution in [0.3, 0.4) is 0 Å². The Morgan fingerprint density at radius 3 is 2.40 bits per heavy atom. The molecule has 5 fully saturated rings. The van der Waals surface area contributed by atoms with E-state index in [4.69, 9.17) is 4.74 Å². The molecule has 5 rings (SSSR count). The maximum absolute atomic E-state index is 11.7. The molecule has 1 N–H and O–H groups in total. The van der Waals surface area contributed by atoms with Gasteiger partial charge < -0.3 is 9.84 Å². The highest BCUT2D eigenvalue weighted by atomic mass is 16.5. The van der Waals surface area contributed by atoms with Gasteiger partial charge in [0.2, 0.25) is 0 Å². The highest BCUT2D eigenvalue weighted by Crippen LogP contribution is 2.67. The van der Waals surface area contributed by atoms with E-state index in [2.05, 4.69) is 18.7 Å². The number of rotatable bonds is 2. The van der Waals surface area contributed by atoms with Gasteiger partial charge in [0.1, 0.15) is 6.10 Å². The number of piperidine rings is 1. The van der Waals surface area contributed by atoms with Crippen molar-refractivity contribution in [2.75, 3.05) is 13.1 Å². The fourth-order valence-electron chi connectivity index (χ4n) is 9.51. The Hall–Kier alpha value is -0.610. The largest absolute Gasteiger partial charge is 0.462 e. The van der Waals surface area contributed by atoms with E-state index in [-0.39, 0.29) is 29.0 Å². The minimum atomic E-state index is -0.159. The summed E-state index contributed by atoms with van der Waals surface area (Å²) in [4.78, 5) is 14.4. The molecule has 4 heteroatoms. The van der Waals surface area contributed by atoms with Crippen LogP contribution in [0, 0.1) is 34.5 Å². The predicted octanol–water partition coefficient (Wildman–Crippen LogP) is 4.79. The fourth-order valence-corrected chi connectivity index (χ4v) is 9.51. The maximum atomic E-state index is 11.7. The molecule has 170 valence electrons. The minimum absolute atomic E-state index is 0.111. The van der Waals surface area contributed by atoms with Crippen LogP contribution in [0.5, 0.6) is 0 Å². The third-order valence-corrected chi connectivity index (χ3v) is 10.8. The summed E-state index contributed by atoms with van der Waals surface area (Å²) in [6.07, 6.45) is 13.5. The first-order chi connectivity index (χ1) is 14.4. The molecular weight excluding hydrogens is 374 g/mol. The van der Waals surface area contributed by atoms with E-state index in [1.807, 2.05) is 0 Å². The third kappa shape index (κ3) is 3.10. The van der Waals surface area contributed by atoms with E-state index < -0.39 is 0 Å². The average Bonchev–Trinajstić information content (AvgIpc) is 3.04. The fraction of sp³-hybridized carbons (Fsp3) is 0.962. The quantitative estimate of drug-likeness (QED) is 0.657. The molecule has 5 aliphatic rings. The summed E-state index contributed by atoms with van der Waals surface area (Å²) in [7, 11) is 0. The van der Waals surface area contributed by atoms with Crippen molar-refractivity contribution in [3.63, 3.8) is 0 Å². The van der Waals surface area contributed by atoms with Crippen LogP contribution in [0.25, 0.3) is 0 Å². The summed E-state index contributed by atoms with van der Waals surface area (Å²) in [6, 6.07) is 0.347. The lowest BCUT2D eigenvalue weighted by Gasteiger charge is -2.65. The van der Waals surface area contributed by atoms with Crippen LogP contribution in [-0.2, 0) is 9.53 Å². The molecule has 4 nitrogen and oxygen atoms in total. The number of esters is 1. The van der Waals surface area contributed by atoms with Gasteiger partial charge in [-0.25, -0.2) is 0 Å². The summed E-state index contributed by atoms with van der Waals surface area (Å²) >= 11 is 0. The number of likely N-dealkylation sites (tertiary alicyclic amines) is 1. The molecule has 9 atom stereocenters. The molecule has 4 saturated carbocycles. The van der Waals surface area contributed by atoms with E-state index >= 15 is 0 Å². The van der Waals surface area contributed by atoms with Crippen LogP contribution in [0.1, 0.15) is 91.4 Å². The number of aliphatic hydroxyl groups excluding tert-OH is 1.